The number of nitrogens with one attached hydrogen (secondary N) is 2. The zero-order valence-electron chi connectivity index (χ0n) is 13.8. The van der Waals surface area contributed by atoms with Crippen LogP contribution in [0, 0.1) is 0 Å². The van der Waals surface area contributed by atoms with Crippen molar-refractivity contribution in [2.75, 3.05) is 0 Å². The first kappa shape index (κ1) is 13.7. The van der Waals surface area contributed by atoms with Gasteiger partial charge in [-0.1, -0.05) is 48.5 Å². The van der Waals surface area contributed by atoms with Crippen molar-refractivity contribution in [2.45, 2.75) is 0 Å². The minimum Gasteiger partial charge on any atom is -0.354 e. The van der Waals surface area contributed by atoms with Crippen molar-refractivity contribution >= 4 is 54.3 Å². The number of hydrogen-bond donors (Lipinski definition) is 2. The number of aromatic nitrogens is 2. The van der Waals surface area contributed by atoms with E-state index >= 15 is 0 Å². The molecule has 0 unspecified atom stereocenters. The van der Waals surface area contributed by atoms with Crippen molar-refractivity contribution in [3.8, 4) is 0 Å². The maximum absolute atomic E-state index is 12.6. The summed E-state index contributed by atoms with van der Waals surface area (Å²) in [4.78, 5) is 19.1. The van der Waals surface area contributed by atoms with Gasteiger partial charge in [0.25, 0.3) is 5.56 Å². The fourth-order valence-corrected chi connectivity index (χ4v) is 4.23. The molecule has 0 amide bonds. The first-order valence-corrected chi connectivity index (χ1v) is 8.68. The van der Waals surface area contributed by atoms with Crippen molar-refractivity contribution in [1.82, 2.24) is 9.97 Å². The van der Waals surface area contributed by atoms with Crippen molar-refractivity contribution in [3.63, 3.8) is 0 Å². The molecule has 6 rings (SSSR count). The summed E-state index contributed by atoms with van der Waals surface area (Å²) in [7, 11) is 0. The van der Waals surface area contributed by atoms with Gasteiger partial charge in [0, 0.05) is 43.5 Å². The number of aromatic amines is 2. The average molecular weight is 334 g/mol. The Morgan fingerprint density at radius 2 is 1.04 bits per heavy atom. The van der Waals surface area contributed by atoms with Crippen LogP contribution in [0.1, 0.15) is 0 Å². The van der Waals surface area contributed by atoms with E-state index in [4.69, 9.17) is 0 Å². The van der Waals surface area contributed by atoms with Crippen molar-refractivity contribution < 1.29 is 0 Å². The molecular weight excluding hydrogens is 320 g/mol. The third-order valence-electron chi connectivity index (χ3n) is 5.36. The Morgan fingerprint density at radius 3 is 1.85 bits per heavy atom. The standard InChI is InChI=1S/C23H14N2O/c26-23-17-10-9-14-13(21(17)15-5-1-4-8-19(15)25-23)11-12-20-22(14)16-6-2-3-7-18(16)24-20/h1-12,24H,(H,25,26). The Balaban J connectivity index is 1.96. The lowest BCUT2D eigenvalue weighted by Crippen LogP contribution is -2.06. The third-order valence-corrected chi connectivity index (χ3v) is 5.36. The van der Waals surface area contributed by atoms with E-state index < -0.39 is 0 Å². The first-order chi connectivity index (χ1) is 12.8. The molecular formula is C23H14N2O. The van der Waals surface area contributed by atoms with E-state index in [0.717, 1.165) is 38.1 Å². The highest BCUT2D eigenvalue weighted by atomic mass is 16.1. The fourth-order valence-electron chi connectivity index (χ4n) is 4.23. The zero-order valence-corrected chi connectivity index (χ0v) is 13.8. The van der Waals surface area contributed by atoms with Gasteiger partial charge in [-0.2, -0.15) is 0 Å². The lowest BCUT2D eigenvalue weighted by atomic mass is 9.96. The van der Waals surface area contributed by atoms with Gasteiger partial charge >= 0.3 is 0 Å². The molecule has 0 aliphatic heterocycles. The fraction of sp³-hybridized carbons (Fsp3) is 0. The molecule has 0 spiro atoms. The van der Waals surface area contributed by atoms with E-state index in [2.05, 4.69) is 52.4 Å². The number of pyridine rings is 1. The van der Waals surface area contributed by atoms with Crippen LogP contribution in [-0.4, -0.2) is 9.97 Å². The highest BCUT2D eigenvalue weighted by Gasteiger charge is 2.13. The minimum atomic E-state index is -0.0420. The van der Waals surface area contributed by atoms with Gasteiger partial charge in [-0.15, -0.1) is 0 Å². The zero-order chi connectivity index (χ0) is 17.3. The Kier molecular flexibility index (Phi) is 2.49. The van der Waals surface area contributed by atoms with E-state index in [1.807, 2.05) is 30.3 Å². The molecule has 0 saturated carbocycles. The van der Waals surface area contributed by atoms with Crippen LogP contribution in [0.2, 0.25) is 0 Å². The van der Waals surface area contributed by atoms with Gasteiger partial charge in [-0.3, -0.25) is 4.79 Å². The van der Waals surface area contributed by atoms with E-state index in [1.54, 1.807) is 0 Å². The van der Waals surface area contributed by atoms with Crippen LogP contribution in [0.15, 0.2) is 77.6 Å². The van der Waals surface area contributed by atoms with Gasteiger partial charge in [0.2, 0.25) is 0 Å². The number of benzene rings is 4. The van der Waals surface area contributed by atoms with E-state index in [0.29, 0.717) is 0 Å². The van der Waals surface area contributed by atoms with E-state index in [-0.39, 0.29) is 5.56 Å². The van der Waals surface area contributed by atoms with E-state index in [1.165, 1.54) is 16.2 Å². The number of hydrogen-bond acceptors (Lipinski definition) is 1. The number of H-pyrrole nitrogens is 2. The van der Waals surface area contributed by atoms with Crippen LogP contribution in [0.4, 0.5) is 0 Å². The molecule has 3 nitrogen and oxygen atoms in total. The maximum Gasteiger partial charge on any atom is 0.256 e. The summed E-state index contributed by atoms with van der Waals surface area (Å²) in [5, 5.41) is 7.53. The van der Waals surface area contributed by atoms with Crippen LogP contribution in [0.25, 0.3) is 54.3 Å². The summed E-state index contributed by atoms with van der Waals surface area (Å²) in [6.07, 6.45) is 0. The van der Waals surface area contributed by atoms with Crippen LogP contribution >= 0.6 is 0 Å². The summed E-state index contributed by atoms with van der Waals surface area (Å²) >= 11 is 0. The van der Waals surface area contributed by atoms with Gasteiger partial charge in [0.05, 0.1) is 0 Å². The Hall–Kier alpha value is -3.59. The normalized spacial score (nSPS) is 12.0. The molecule has 2 aromatic heterocycles. The second-order valence-corrected chi connectivity index (χ2v) is 6.74. The molecule has 2 N–H and O–H groups in total. The molecule has 0 saturated heterocycles. The number of rotatable bonds is 0. The highest BCUT2D eigenvalue weighted by molar-refractivity contribution is 6.28. The SMILES string of the molecule is O=c1[nH]c2ccccc2c2c1ccc1c2ccc2[nH]c3ccccc3c21. The largest absolute Gasteiger partial charge is 0.354 e. The average Bonchev–Trinajstić information content (AvgIpc) is 3.06. The molecule has 0 aliphatic carbocycles. The molecule has 122 valence electrons. The summed E-state index contributed by atoms with van der Waals surface area (Å²) in [6, 6.07) is 24.6. The molecule has 0 bridgehead atoms. The lowest BCUT2D eigenvalue weighted by Gasteiger charge is -2.08. The maximum atomic E-state index is 12.6. The Morgan fingerprint density at radius 1 is 0.462 bits per heavy atom. The molecule has 26 heavy (non-hydrogen) atoms. The molecule has 0 aliphatic rings. The van der Waals surface area contributed by atoms with Crippen LogP contribution < -0.4 is 5.56 Å². The van der Waals surface area contributed by atoms with Gasteiger partial charge in [-0.05, 0) is 35.0 Å². The van der Waals surface area contributed by atoms with Gasteiger partial charge in [0.1, 0.15) is 0 Å². The molecule has 2 heterocycles. The van der Waals surface area contributed by atoms with Gasteiger partial charge in [-0.25, -0.2) is 0 Å². The van der Waals surface area contributed by atoms with Gasteiger partial charge < -0.3 is 9.97 Å². The molecule has 0 radical (unpaired) electrons. The van der Waals surface area contributed by atoms with Crippen LogP contribution in [-0.2, 0) is 0 Å². The predicted molar refractivity (Wildman–Crippen MR) is 109 cm³/mol. The highest BCUT2D eigenvalue weighted by Crippen LogP contribution is 2.36. The minimum absolute atomic E-state index is 0.0420. The van der Waals surface area contributed by atoms with E-state index in [9.17, 15) is 4.79 Å². The van der Waals surface area contributed by atoms with Crippen LogP contribution in [0.5, 0.6) is 0 Å². The number of para-hydroxylation sites is 2. The predicted octanol–water partition coefficient (Wildman–Crippen LogP) is 5.47. The molecule has 0 atom stereocenters. The van der Waals surface area contributed by atoms with Crippen molar-refractivity contribution in [2.24, 2.45) is 0 Å². The quantitative estimate of drug-likeness (QED) is 0.356. The monoisotopic (exact) mass is 334 g/mol. The molecule has 3 heteroatoms. The first-order valence-electron chi connectivity index (χ1n) is 8.68. The molecule has 0 fully saturated rings. The summed E-state index contributed by atoms with van der Waals surface area (Å²) in [6.45, 7) is 0. The summed E-state index contributed by atoms with van der Waals surface area (Å²) < 4.78 is 0. The summed E-state index contributed by atoms with van der Waals surface area (Å²) in [5.74, 6) is 0. The molecule has 6 aromatic rings. The van der Waals surface area contributed by atoms with Crippen LogP contribution in [0.3, 0.4) is 0 Å². The topological polar surface area (TPSA) is 48.6 Å². The Labute approximate surface area is 147 Å². The molecule has 4 aromatic carbocycles. The summed E-state index contributed by atoms with van der Waals surface area (Å²) in [5.41, 5.74) is 3.08. The Bertz CT molecular complexity index is 1550. The second kappa shape index (κ2) is 4.73. The second-order valence-electron chi connectivity index (χ2n) is 6.74. The van der Waals surface area contributed by atoms with Crippen molar-refractivity contribution in [3.05, 3.63) is 83.2 Å². The lowest BCUT2D eigenvalue weighted by molar-refractivity contribution is 1.35. The smallest absolute Gasteiger partial charge is 0.256 e. The number of fused-ring (bicyclic) bond motifs is 9. The third kappa shape index (κ3) is 1.64. The van der Waals surface area contributed by atoms with Crippen molar-refractivity contribution in [1.29, 1.82) is 0 Å². The van der Waals surface area contributed by atoms with Gasteiger partial charge in [0.15, 0.2) is 0 Å².